The number of nitrogens with one attached hydrogen (secondary N) is 1. The molecule has 1 atom stereocenters. The minimum Gasteiger partial charge on any atom is -0.344 e. The smallest absolute Gasteiger partial charge is 0.272 e. The molecular weight excluding hydrogens is 430 g/mol. The standard InChI is InChI=1S/C27H29N3O2S/c1-5-7-22(25-8-6-13-33-25)29-26(31)21-11-9-20(10-12-21)16-30-24-15-18(3)17(2)14-23(24)28-19(4)27(30)32/h6,8-15,22H,5,7,16H2,1-4H3,(H,29,31)/t22-/m0/s1. The second-order valence-corrected chi connectivity index (χ2v) is 9.52. The molecule has 170 valence electrons. The molecule has 0 unspecified atom stereocenters. The maximum atomic E-state index is 12.9. The molecular formula is C27H29N3O2S. The first-order valence-corrected chi connectivity index (χ1v) is 12.2. The molecule has 0 spiro atoms. The maximum absolute atomic E-state index is 12.9. The molecule has 33 heavy (non-hydrogen) atoms. The summed E-state index contributed by atoms with van der Waals surface area (Å²) >= 11 is 1.66. The van der Waals surface area contributed by atoms with Gasteiger partial charge in [-0.05, 0) is 79.6 Å². The number of nitrogens with zero attached hydrogens (tertiary/aromatic N) is 2. The summed E-state index contributed by atoms with van der Waals surface area (Å²) in [6.45, 7) is 8.39. The van der Waals surface area contributed by atoms with Crippen molar-refractivity contribution in [1.82, 2.24) is 14.9 Å². The summed E-state index contributed by atoms with van der Waals surface area (Å²) in [6.07, 6.45) is 1.90. The van der Waals surface area contributed by atoms with Crippen LogP contribution in [0.5, 0.6) is 0 Å². The van der Waals surface area contributed by atoms with Crippen molar-refractivity contribution in [3.63, 3.8) is 0 Å². The average molecular weight is 460 g/mol. The zero-order valence-corrected chi connectivity index (χ0v) is 20.3. The third kappa shape index (κ3) is 4.91. The molecule has 0 aliphatic carbocycles. The summed E-state index contributed by atoms with van der Waals surface area (Å²) in [5.74, 6) is -0.0816. The van der Waals surface area contributed by atoms with Gasteiger partial charge in [0.2, 0.25) is 0 Å². The average Bonchev–Trinajstić information content (AvgIpc) is 3.33. The minimum absolute atomic E-state index is 0.0265. The fraction of sp³-hybridized carbons (Fsp3) is 0.296. The number of benzene rings is 2. The molecule has 0 saturated carbocycles. The molecule has 5 nitrogen and oxygen atoms in total. The van der Waals surface area contributed by atoms with Crippen LogP contribution in [0.15, 0.2) is 58.7 Å². The van der Waals surface area contributed by atoms with Crippen molar-refractivity contribution >= 4 is 28.3 Å². The van der Waals surface area contributed by atoms with Crippen molar-refractivity contribution in [3.8, 4) is 0 Å². The van der Waals surface area contributed by atoms with Gasteiger partial charge in [0.25, 0.3) is 11.5 Å². The highest BCUT2D eigenvalue weighted by molar-refractivity contribution is 7.10. The van der Waals surface area contributed by atoms with Crippen LogP contribution in [0.1, 0.15) is 63.4 Å². The largest absolute Gasteiger partial charge is 0.344 e. The Morgan fingerprint density at radius 2 is 1.82 bits per heavy atom. The monoisotopic (exact) mass is 459 g/mol. The van der Waals surface area contributed by atoms with Gasteiger partial charge >= 0.3 is 0 Å². The predicted octanol–water partition coefficient (Wildman–Crippen LogP) is 5.70. The molecule has 2 aromatic heterocycles. The minimum atomic E-state index is -0.0917. The van der Waals surface area contributed by atoms with Crippen molar-refractivity contribution in [1.29, 1.82) is 0 Å². The number of carbonyl (C=O) groups is 1. The number of hydrogen-bond acceptors (Lipinski definition) is 4. The van der Waals surface area contributed by atoms with Crippen LogP contribution in [0.3, 0.4) is 0 Å². The summed E-state index contributed by atoms with van der Waals surface area (Å²) in [7, 11) is 0. The van der Waals surface area contributed by atoms with Crippen molar-refractivity contribution in [2.45, 2.75) is 53.1 Å². The molecule has 2 heterocycles. The van der Waals surface area contributed by atoms with E-state index in [4.69, 9.17) is 0 Å². The first-order valence-electron chi connectivity index (χ1n) is 11.3. The van der Waals surface area contributed by atoms with Crippen molar-refractivity contribution in [2.75, 3.05) is 0 Å². The van der Waals surface area contributed by atoms with Gasteiger partial charge < -0.3 is 9.88 Å². The van der Waals surface area contributed by atoms with E-state index in [1.54, 1.807) is 22.8 Å². The number of hydrogen-bond donors (Lipinski definition) is 1. The Morgan fingerprint density at radius 3 is 2.48 bits per heavy atom. The van der Waals surface area contributed by atoms with E-state index in [0.29, 0.717) is 17.8 Å². The van der Waals surface area contributed by atoms with Gasteiger partial charge in [-0.25, -0.2) is 4.98 Å². The Labute approximate surface area is 198 Å². The summed E-state index contributed by atoms with van der Waals surface area (Å²) in [5, 5.41) is 5.20. The highest BCUT2D eigenvalue weighted by Crippen LogP contribution is 2.24. The van der Waals surface area contributed by atoms with Crippen molar-refractivity contribution < 1.29 is 4.79 Å². The zero-order chi connectivity index (χ0) is 23.5. The van der Waals surface area contributed by atoms with Crippen LogP contribution in [0.25, 0.3) is 11.0 Å². The fourth-order valence-electron chi connectivity index (χ4n) is 4.03. The van der Waals surface area contributed by atoms with Gasteiger partial charge in [-0.1, -0.05) is 31.5 Å². The number of carbonyl (C=O) groups excluding carboxylic acids is 1. The molecule has 0 radical (unpaired) electrons. The molecule has 2 aromatic carbocycles. The summed E-state index contributed by atoms with van der Waals surface area (Å²) < 4.78 is 1.77. The molecule has 0 fully saturated rings. The number of thiophene rings is 1. The van der Waals surface area contributed by atoms with Crippen LogP contribution < -0.4 is 10.9 Å². The lowest BCUT2D eigenvalue weighted by atomic mass is 10.1. The van der Waals surface area contributed by atoms with E-state index >= 15 is 0 Å². The summed E-state index contributed by atoms with van der Waals surface area (Å²) in [6, 6.07) is 15.7. The first kappa shape index (κ1) is 22.9. The van der Waals surface area contributed by atoms with Crippen LogP contribution in [0.2, 0.25) is 0 Å². The Balaban J connectivity index is 1.57. The molecule has 4 rings (SSSR count). The van der Waals surface area contributed by atoms with E-state index in [1.165, 1.54) is 4.88 Å². The second kappa shape index (κ2) is 9.71. The molecule has 4 aromatic rings. The molecule has 0 aliphatic rings. The molecule has 0 bridgehead atoms. The van der Waals surface area contributed by atoms with Gasteiger partial charge in [0.1, 0.15) is 5.69 Å². The van der Waals surface area contributed by atoms with E-state index in [9.17, 15) is 9.59 Å². The first-order chi connectivity index (χ1) is 15.9. The van der Waals surface area contributed by atoms with Gasteiger partial charge in [0, 0.05) is 10.4 Å². The van der Waals surface area contributed by atoms with Gasteiger partial charge in [-0.2, -0.15) is 0 Å². The maximum Gasteiger partial charge on any atom is 0.272 e. The number of aromatic nitrogens is 2. The van der Waals surface area contributed by atoms with E-state index in [-0.39, 0.29) is 17.5 Å². The Morgan fingerprint density at radius 1 is 1.09 bits per heavy atom. The molecule has 0 aliphatic heterocycles. The lowest BCUT2D eigenvalue weighted by Gasteiger charge is -2.17. The second-order valence-electron chi connectivity index (χ2n) is 8.54. The number of fused-ring (bicyclic) bond motifs is 1. The quantitative estimate of drug-likeness (QED) is 0.385. The van der Waals surface area contributed by atoms with Crippen molar-refractivity contribution in [2.24, 2.45) is 0 Å². The van der Waals surface area contributed by atoms with E-state index in [2.05, 4.69) is 30.2 Å². The van der Waals surface area contributed by atoms with Crippen LogP contribution in [0.4, 0.5) is 0 Å². The fourth-order valence-corrected chi connectivity index (χ4v) is 4.84. The molecule has 1 amide bonds. The zero-order valence-electron chi connectivity index (χ0n) is 19.5. The van der Waals surface area contributed by atoms with E-state index in [0.717, 1.165) is 40.6 Å². The molecule has 0 saturated heterocycles. The van der Waals surface area contributed by atoms with Gasteiger partial charge in [-0.15, -0.1) is 11.3 Å². The number of aryl methyl sites for hydroxylation is 3. The van der Waals surface area contributed by atoms with Gasteiger partial charge in [-0.3, -0.25) is 9.59 Å². The highest BCUT2D eigenvalue weighted by atomic mass is 32.1. The predicted molar refractivity (Wildman–Crippen MR) is 135 cm³/mol. The van der Waals surface area contributed by atoms with Crippen LogP contribution in [-0.4, -0.2) is 15.5 Å². The molecule has 6 heteroatoms. The topological polar surface area (TPSA) is 64.0 Å². The number of amides is 1. The Bertz CT molecular complexity index is 1340. The summed E-state index contributed by atoms with van der Waals surface area (Å²) in [5.41, 5.74) is 5.89. The Hall–Kier alpha value is -3.25. The van der Waals surface area contributed by atoms with Gasteiger partial charge in [0.15, 0.2) is 0 Å². The highest BCUT2D eigenvalue weighted by Gasteiger charge is 2.16. The Kier molecular flexibility index (Phi) is 6.75. The SMILES string of the molecule is CCC[C@H](NC(=O)c1ccc(Cn2c(=O)c(C)nc3cc(C)c(C)cc32)cc1)c1cccs1. The van der Waals surface area contributed by atoms with E-state index in [1.807, 2.05) is 54.8 Å². The third-order valence-electron chi connectivity index (χ3n) is 6.05. The third-order valence-corrected chi connectivity index (χ3v) is 7.04. The van der Waals surface area contributed by atoms with Crippen LogP contribution in [0, 0.1) is 20.8 Å². The van der Waals surface area contributed by atoms with Gasteiger partial charge in [0.05, 0.1) is 23.6 Å². The normalized spacial score (nSPS) is 12.1. The number of rotatable bonds is 7. The summed E-state index contributed by atoms with van der Waals surface area (Å²) in [4.78, 5) is 31.4. The van der Waals surface area contributed by atoms with E-state index < -0.39 is 0 Å². The lowest BCUT2D eigenvalue weighted by molar-refractivity contribution is 0.0935. The van der Waals surface area contributed by atoms with Crippen LogP contribution in [-0.2, 0) is 6.54 Å². The lowest BCUT2D eigenvalue weighted by Crippen LogP contribution is -2.28. The molecule has 1 N–H and O–H groups in total. The van der Waals surface area contributed by atoms with Crippen molar-refractivity contribution in [3.05, 3.63) is 97.1 Å². The van der Waals surface area contributed by atoms with Crippen LogP contribution >= 0.6 is 11.3 Å².